The van der Waals surface area contributed by atoms with Gasteiger partial charge in [0, 0.05) is 48.5 Å². The van der Waals surface area contributed by atoms with Crippen molar-refractivity contribution in [3.8, 4) is 0 Å². The summed E-state index contributed by atoms with van der Waals surface area (Å²) in [5.41, 5.74) is 0.843. The van der Waals surface area contributed by atoms with Crippen LogP contribution in [0, 0.1) is 0 Å². The van der Waals surface area contributed by atoms with E-state index in [0.717, 1.165) is 44.0 Å². The number of amides is 2. The molecule has 1 aromatic heterocycles. The highest BCUT2D eigenvalue weighted by Crippen LogP contribution is 2.26. The number of thioether (sulfide) groups is 1. The molecule has 1 aromatic carbocycles. The van der Waals surface area contributed by atoms with Gasteiger partial charge in [-0.15, -0.1) is 11.8 Å². The lowest BCUT2D eigenvalue weighted by atomic mass is 9.97. The summed E-state index contributed by atoms with van der Waals surface area (Å²) in [5, 5.41) is 3.01. The Hall–Kier alpha value is -1.95. The van der Waals surface area contributed by atoms with Crippen LogP contribution in [-0.4, -0.2) is 39.8 Å². The molecule has 1 aliphatic rings. The second-order valence-corrected chi connectivity index (χ2v) is 6.89. The molecule has 128 valence electrons. The molecule has 3 rings (SSSR count). The van der Waals surface area contributed by atoms with Crippen molar-refractivity contribution < 1.29 is 4.79 Å². The minimum atomic E-state index is -0.0220. The number of likely N-dealkylation sites (tertiary alicyclic amines) is 1. The lowest BCUT2D eigenvalue weighted by molar-refractivity contribution is 0.190. The molecule has 1 saturated heterocycles. The van der Waals surface area contributed by atoms with E-state index in [2.05, 4.69) is 21.8 Å². The van der Waals surface area contributed by atoms with Gasteiger partial charge in [-0.2, -0.15) is 0 Å². The Kier molecular flexibility index (Phi) is 5.45. The fourth-order valence-electron chi connectivity index (χ4n) is 3.20. The van der Waals surface area contributed by atoms with Gasteiger partial charge in [-0.1, -0.05) is 0 Å². The van der Waals surface area contributed by atoms with E-state index in [1.807, 2.05) is 47.8 Å². The number of piperidine rings is 1. The number of rotatable bonds is 4. The topological polar surface area (TPSA) is 50.2 Å². The molecule has 1 fully saturated rings. The molecule has 1 aliphatic heterocycles. The van der Waals surface area contributed by atoms with Crippen LogP contribution in [0.1, 0.15) is 31.5 Å². The summed E-state index contributed by atoms with van der Waals surface area (Å²) in [7, 11) is 0. The maximum Gasteiger partial charge on any atom is 0.321 e. The first-order chi connectivity index (χ1) is 11.7. The molecule has 2 aromatic rings. The van der Waals surface area contributed by atoms with Crippen LogP contribution in [0.5, 0.6) is 0 Å². The summed E-state index contributed by atoms with van der Waals surface area (Å²) in [4.78, 5) is 20.2. The molecule has 0 bridgehead atoms. The quantitative estimate of drug-likeness (QED) is 0.852. The Morgan fingerprint density at radius 1 is 1.38 bits per heavy atom. The average Bonchev–Trinajstić information content (AvgIpc) is 3.11. The van der Waals surface area contributed by atoms with Crippen molar-refractivity contribution in [3.63, 3.8) is 0 Å². The Morgan fingerprint density at radius 2 is 2.17 bits per heavy atom. The minimum absolute atomic E-state index is 0.0220. The number of benzene rings is 1. The van der Waals surface area contributed by atoms with Gasteiger partial charge in [0.25, 0.3) is 0 Å². The van der Waals surface area contributed by atoms with Gasteiger partial charge in [0.15, 0.2) is 0 Å². The molecule has 1 atom stereocenters. The zero-order valence-corrected chi connectivity index (χ0v) is 15.1. The zero-order valence-electron chi connectivity index (χ0n) is 14.2. The molecule has 2 heterocycles. The van der Waals surface area contributed by atoms with Crippen LogP contribution in [0.25, 0.3) is 0 Å². The molecule has 0 radical (unpaired) electrons. The van der Waals surface area contributed by atoms with Crippen molar-refractivity contribution in [1.29, 1.82) is 0 Å². The molecular formula is C18H24N4OS. The molecule has 1 N–H and O–H groups in total. The number of aryl methyl sites for hydroxylation is 1. The van der Waals surface area contributed by atoms with Gasteiger partial charge in [0.05, 0.1) is 0 Å². The third-order valence-corrected chi connectivity index (χ3v) is 5.25. The summed E-state index contributed by atoms with van der Waals surface area (Å²) in [6.45, 7) is 4.57. The molecule has 5 nitrogen and oxygen atoms in total. The summed E-state index contributed by atoms with van der Waals surface area (Å²) < 4.78 is 2.17. The van der Waals surface area contributed by atoms with Crippen LogP contribution in [0.3, 0.4) is 0 Å². The van der Waals surface area contributed by atoms with Gasteiger partial charge in [0.2, 0.25) is 0 Å². The van der Waals surface area contributed by atoms with Crippen molar-refractivity contribution in [2.24, 2.45) is 0 Å². The monoisotopic (exact) mass is 344 g/mol. The second-order valence-electron chi connectivity index (χ2n) is 6.02. The van der Waals surface area contributed by atoms with Crippen LogP contribution >= 0.6 is 11.8 Å². The number of anilines is 1. The summed E-state index contributed by atoms with van der Waals surface area (Å²) in [5.74, 6) is 1.41. The molecule has 2 amide bonds. The van der Waals surface area contributed by atoms with Gasteiger partial charge in [-0.25, -0.2) is 9.78 Å². The molecule has 24 heavy (non-hydrogen) atoms. The number of hydrogen-bond acceptors (Lipinski definition) is 3. The number of urea groups is 1. The fourth-order valence-corrected chi connectivity index (χ4v) is 3.61. The highest BCUT2D eigenvalue weighted by atomic mass is 32.2. The maximum atomic E-state index is 12.6. The third kappa shape index (κ3) is 3.75. The zero-order chi connectivity index (χ0) is 16.9. The van der Waals surface area contributed by atoms with E-state index >= 15 is 0 Å². The Bertz CT molecular complexity index is 683. The predicted molar refractivity (Wildman–Crippen MR) is 98.7 cm³/mol. The SMILES string of the molecule is CCn1ccnc1C1CCCN(C(=O)Nc2ccc(SC)cc2)C1. The molecular weight excluding hydrogens is 320 g/mol. The highest BCUT2D eigenvalue weighted by Gasteiger charge is 2.27. The minimum Gasteiger partial charge on any atom is -0.335 e. The number of imidazole rings is 1. The van der Waals surface area contributed by atoms with Crippen molar-refractivity contribution in [2.75, 3.05) is 24.7 Å². The first-order valence-electron chi connectivity index (χ1n) is 8.42. The van der Waals surface area contributed by atoms with Gasteiger partial charge in [-0.05, 0) is 50.3 Å². The van der Waals surface area contributed by atoms with Crippen molar-refractivity contribution >= 4 is 23.5 Å². The third-order valence-electron chi connectivity index (χ3n) is 4.50. The number of aromatic nitrogens is 2. The van der Waals surface area contributed by atoms with E-state index in [0.29, 0.717) is 5.92 Å². The Labute approximate surface area is 147 Å². The first kappa shape index (κ1) is 16.9. The lowest BCUT2D eigenvalue weighted by Gasteiger charge is -2.32. The van der Waals surface area contributed by atoms with E-state index < -0.39 is 0 Å². The Morgan fingerprint density at radius 3 is 2.88 bits per heavy atom. The molecule has 0 aliphatic carbocycles. The smallest absolute Gasteiger partial charge is 0.321 e. The number of nitrogens with one attached hydrogen (secondary N) is 1. The van der Waals surface area contributed by atoms with Crippen molar-refractivity contribution in [2.45, 2.75) is 37.1 Å². The number of carbonyl (C=O) groups excluding carboxylic acids is 1. The first-order valence-corrected chi connectivity index (χ1v) is 9.64. The second kappa shape index (κ2) is 7.75. The van der Waals surface area contributed by atoms with Crippen LogP contribution in [0.2, 0.25) is 0 Å². The predicted octanol–water partition coefficient (Wildman–Crippen LogP) is 4.04. The molecule has 1 unspecified atom stereocenters. The van der Waals surface area contributed by atoms with Gasteiger partial charge in [-0.3, -0.25) is 0 Å². The van der Waals surface area contributed by atoms with Gasteiger partial charge < -0.3 is 14.8 Å². The fraction of sp³-hybridized carbons (Fsp3) is 0.444. The van der Waals surface area contributed by atoms with E-state index in [1.165, 1.54) is 4.90 Å². The van der Waals surface area contributed by atoms with Crippen LogP contribution in [0.4, 0.5) is 10.5 Å². The summed E-state index contributed by atoms with van der Waals surface area (Å²) in [6.07, 6.45) is 8.01. The van der Waals surface area contributed by atoms with Crippen molar-refractivity contribution in [1.82, 2.24) is 14.5 Å². The van der Waals surface area contributed by atoms with E-state index in [9.17, 15) is 4.79 Å². The number of hydrogen-bond donors (Lipinski definition) is 1. The van der Waals surface area contributed by atoms with E-state index in [-0.39, 0.29) is 6.03 Å². The summed E-state index contributed by atoms with van der Waals surface area (Å²) >= 11 is 1.69. The Balaban J connectivity index is 1.64. The normalized spacial score (nSPS) is 17.8. The number of nitrogens with zero attached hydrogens (tertiary/aromatic N) is 3. The summed E-state index contributed by atoms with van der Waals surface area (Å²) in [6, 6.07) is 7.93. The van der Waals surface area contributed by atoms with Gasteiger partial charge >= 0.3 is 6.03 Å². The molecule has 0 saturated carbocycles. The maximum absolute atomic E-state index is 12.6. The molecule has 6 heteroatoms. The standard InChI is InChI=1S/C18H24N4OS/c1-3-21-12-10-19-17(21)14-5-4-11-22(13-14)18(23)20-15-6-8-16(24-2)9-7-15/h6-10,12,14H,3-5,11,13H2,1-2H3,(H,20,23). The number of carbonyl (C=O) groups is 1. The van der Waals surface area contributed by atoms with Crippen LogP contribution in [-0.2, 0) is 6.54 Å². The van der Waals surface area contributed by atoms with Gasteiger partial charge in [0.1, 0.15) is 5.82 Å². The molecule has 0 spiro atoms. The van der Waals surface area contributed by atoms with E-state index in [4.69, 9.17) is 0 Å². The van der Waals surface area contributed by atoms with Crippen molar-refractivity contribution in [3.05, 3.63) is 42.5 Å². The van der Waals surface area contributed by atoms with Crippen LogP contribution < -0.4 is 5.32 Å². The lowest BCUT2D eigenvalue weighted by Crippen LogP contribution is -2.42. The largest absolute Gasteiger partial charge is 0.335 e. The van der Waals surface area contributed by atoms with Crippen LogP contribution in [0.15, 0.2) is 41.6 Å². The average molecular weight is 344 g/mol. The highest BCUT2D eigenvalue weighted by molar-refractivity contribution is 7.98. The van der Waals surface area contributed by atoms with E-state index in [1.54, 1.807) is 11.8 Å².